The highest BCUT2D eigenvalue weighted by Gasteiger charge is 2.30. The molecule has 0 saturated heterocycles. The van der Waals surface area contributed by atoms with Crippen molar-refractivity contribution < 1.29 is 4.79 Å². The van der Waals surface area contributed by atoms with E-state index in [9.17, 15) is 10.0 Å². The van der Waals surface area contributed by atoms with Gasteiger partial charge >= 0.3 is 0 Å². The third-order valence-corrected chi connectivity index (χ3v) is 4.21. The maximum atomic E-state index is 12.5. The number of nitrogens with one attached hydrogen (secondary N) is 2. The molecule has 10 heteroatoms. The van der Waals surface area contributed by atoms with Gasteiger partial charge in [0.1, 0.15) is 12.1 Å². The number of hydrogen-bond acceptors (Lipinski definition) is 7. The number of carbonyl (C=O) groups is 1. The van der Waals surface area contributed by atoms with E-state index in [2.05, 4.69) is 25.6 Å². The minimum atomic E-state index is -0.691. The quantitative estimate of drug-likeness (QED) is 0.829. The predicted octanol–water partition coefficient (Wildman–Crippen LogP) is 0.189. The highest BCUT2D eigenvalue weighted by molar-refractivity contribution is 5.90. The van der Waals surface area contributed by atoms with Crippen molar-refractivity contribution in [3.05, 3.63) is 29.1 Å². The Labute approximate surface area is 132 Å². The maximum Gasteiger partial charge on any atom is 0.289 e. The van der Waals surface area contributed by atoms with Crippen molar-refractivity contribution in [3.63, 3.8) is 0 Å². The van der Waals surface area contributed by atoms with Gasteiger partial charge in [-0.05, 0) is 12.8 Å². The number of fused-ring (bicyclic) bond motifs is 1. The summed E-state index contributed by atoms with van der Waals surface area (Å²) in [5.74, 6) is 0.905. The average molecular weight is 317 g/mol. The number of hydroxylamine groups is 1. The van der Waals surface area contributed by atoms with E-state index in [1.165, 1.54) is 11.3 Å². The lowest BCUT2D eigenvalue weighted by molar-refractivity contribution is 0.0870. The molecule has 3 heterocycles. The summed E-state index contributed by atoms with van der Waals surface area (Å²) in [6.07, 6.45) is 3.34. The molecule has 0 spiro atoms. The topological polar surface area (TPSA) is 118 Å². The van der Waals surface area contributed by atoms with Crippen molar-refractivity contribution >= 4 is 11.7 Å². The second-order valence-electron chi connectivity index (χ2n) is 5.86. The second kappa shape index (κ2) is 5.32. The molecule has 122 valence electrons. The summed E-state index contributed by atoms with van der Waals surface area (Å²) in [6.45, 7) is 0.562. The fraction of sp³-hybridized carbons (Fsp3) is 0.538. The van der Waals surface area contributed by atoms with Gasteiger partial charge in [0, 0.05) is 32.0 Å². The van der Waals surface area contributed by atoms with Crippen LogP contribution in [0.1, 0.15) is 41.5 Å². The zero-order valence-corrected chi connectivity index (χ0v) is 12.6. The Morgan fingerprint density at radius 1 is 1.43 bits per heavy atom. The zero-order chi connectivity index (χ0) is 16.0. The summed E-state index contributed by atoms with van der Waals surface area (Å²) in [4.78, 5) is 15.8. The number of aromatic amines is 1. The van der Waals surface area contributed by atoms with Crippen LogP contribution in [0.3, 0.4) is 0 Å². The molecule has 2 aromatic rings. The van der Waals surface area contributed by atoms with Gasteiger partial charge < -0.3 is 15.5 Å². The monoisotopic (exact) mass is 317 g/mol. The van der Waals surface area contributed by atoms with Crippen LogP contribution >= 0.6 is 0 Å². The molecule has 1 aliphatic heterocycles. The van der Waals surface area contributed by atoms with Crippen molar-refractivity contribution in [1.82, 2.24) is 35.5 Å². The zero-order valence-electron chi connectivity index (χ0n) is 12.6. The molecule has 2 aliphatic rings. The van der Waals surface area contributed by atoms with Crippen LogP contribution in [0.5, 0.6) is 0 Å². The fourth-order valence-electron chi connectivity index (χ4n) is 2.76. The first-order chi connectivity index (χ1) is 11.1. The molecular formula is C13H17N8O2-. The number of aryl methyl sites for hydroxylation is 1. The summed E-state index contributed by atoms with van der Waals surface area (Å²) in [6, 6.07) is 1.96. The molecule has 1 saturated carbocycles. The molecular weight excluding hydrogens is 300 g/mol. The Hall–Kier alpha value is -2.46. The number of carbonyl (C=O) groups excluding carboxylic acids is 1. The van der Waals surface area contributed by atoms with Gasteiger partial charge in [0.05, 0.1) is 11.9 Å². The number of amides is 1. The molecule has 1 unspecified atom stereocenters. The van der Waals surface area contributed by atoms with E-state index in [0.29, 0.717) is 18.9 Å². The highest BCUT2D eigenvalue weighted by Crippen LogP contribution is 2.40. The summed E-state index contributed by atoms with van der Waals surface area (Å²) < 4.78 is 1.83. The average Bonchev–Trinajstić information content (AvgIpc) is 3.12. The van der Waals surface area contributed by atoms with E-state index in [4.69, 9.17) is 0 Å². The fourth-order valence-corrected chi connectivity index (χ4v) is 2.76. The first kappa shape index (κ1) is 14.2. The molecule has 10 nitrogen and oxygen atoms in total. The molecule has 0 bridgehead atoms. The summed E-state index contributed by atoms with van der Waals surface area (Å²) in [5, 5.41) is 28.2. The molecule has 2 N–H and O–H groups in total. The SMILES string of the molecule is CN1c2cc(C3CC3)nn2CCC(NC(=O)c2ncn[nH]2)N1[O-]. The van der Waals surface area contributed by atoms with Crippen LogP contribution < -0.4 is 10.3 Å². The lowest BCUT2D eigenvalue weighted by Gasteiger charge is -2.42. The molecule has 1 atom stereocenters. The maximum absolute atomic E-state index is 12.5. The summed E-state index contributed by atoms with van der Waals surface area (Å²) in [7, 11) is 1.68. The van der Waals surface area contributed by atoms with Gasteiger partial charge in [-0.2, -0.15) is 10.2 Å². The van der Waals surface area contributed by atoms with Crippen LogP contribution in [0, 0.1) is 5.21 Å². The second-order valence-corrected chi connectivity index (χ2v) is 5.86. The standard InChI is InChI=1S/C13H17N8O2/c1-19-11-6-9(8-2-3-8)18-20(11)5-4-10(21(19)23)16-13(22)12-14-7-15-17-12/h6-8,10H,2-5H2,1H3,(H,16,22)(H,14,15,17)/q-1. The Bertz CT molecular complexity index is 708. The van der Waals surface area contributed by atoms with E-state index in [1.54, 1.807) is 7.05 Å². The number of anilines is 1. The Balaban J connectivity index is 1.51. The predicted molar refractivity (Wildman–Crippen MR) is 80.1 cm³/mol. The third-order valence-electron chi connectivity index (χ3n) is 4.21. The molecule has 1 aliphatic carbocycles. The lowest BCUT2D eigenvalue weighted by atomic mass is 10.3. The van der Waals surface area contributed by atoms with Crippen LogP contribution in [0.15, 0.2) is 12.4 Å². The number of hydrazine groups is 1. The van der Waals surface area contributed by atoms with Gasteiger partial charge in [-0.1, -0.05) is 0 Å². The first-order valence-electron chi connectivity index (χ1n) is 7.57. The smallest absolute Gasteiger partial charge is 0.289 e. The molecule has 4 rings (SSSR count). The van der Waals surface area contributed by atoms with E-state index in [1.807, 2.05) is 10.7 Å². The summed E-state index contributed by atoms with van der Waals surface area (Å²) in [5.41, 5.74) is 1.05. The van der Waals surface area contributed by atoms with Gasteiger partial charge in [-0.25, -0.2) is 9.67 Å². The molecule has 23 heavy (non-hydrogen) atoms. The highest BCUT2D eigenvalue weighted by atomic mass is 16.6. The molecule has 1 amide bonds. The van der Waals surface area contributed by atoms with Crippen molar-refractivity contribution in [2.24, 2.45) is 0 Å². The Morgan fingerprint density at radius 3 is 2.96 bits per heavy atom. The van der Waals surface area contributed by atoms with E-state index < -0.39 is 12.1 Å². The van der Waals surface area contributed by atoms with E-state index in [-0.39, 0.29) is 5.82 Å². The van der Waals surface area contributed by atoms with Crippen molar-refractivity contribution in [3.8, 4) is 0 Å². The van der Waals surface area contributed by atoms with Crippen LogP contribution in [0.2, 0.25) is 0 Å². The van der Waals surface area contributed by atoms with Gasteiger partial charge in [-0.3, -0.25) is 15.1 Å². The van der Waals surface area contributed by atoms with Crippen LogP contribution in [0.25, 0.3) is 0 Å². The normalized spacial score (nSPS) is 21.8. The number of rotatable bonds is 3. The lowest BCUT2D eigenvalue weighted by Crippen LogP contribution is -2.51. The minimum Gasteiger partial charge on any atom is -0.766 e. The number of aromatic nitrogens is 5. The van der Waals surface area contributed by atoms with Gasteiger partial charge in [0.2, 0.25) is 5.82 Å². The first-order valence-corrected chi connectivity index (χ1v) is 7.57. The van der Waals surface area contributed by atoms with Gasteiger partial charge in [-0.15, -0.1) is 0 Å². The van der Waals surface area contributed by atoms with Crippen molar-refractivity contribution in [1.29, 1.82) is 0 Å². The van der Waals surface area contributed by atoms with E-state index in [0.717, 1.165) is 29.5 Å². The van der Waals surface area contributed by atoms with Crippen LogP contribution in [0.4, 0.5) is 5.82 Å². The largest absolute Gasteiger partial charge is 0.766 e. The van der Waals surface area contributed by atoms with Crippen LogP contribution in [-0.4, -0.2) is 49.3 Å². The molecule has 2 aromatic heterocycles. The third kappa shape index (κ3) is 2.55. The summed E-state index contributed by atoms with van der Waals surface area (Å²) >= 11 is 0. The minimum absolute atomic E-state index is 0.0825. The van der Waals surface area contributed by atoms with Crippen molar-refractivity contribution in [2.75, 3.05) is 12.1 Å². The van der Waals surface area contributed by atoms with Crippen molar-refractivity contribution in [2.45, 2.75) is 37.9 Å². The molecule has 0 radical (unpaired) electrons. The van der Waals surface area contributed by atoms with Gasteiger partial charge in [0.15, 0.2) is 0 Å². The van der Waals surface area contributed by atoms with E-state index >= 15 is 0 Å². The number of H-pyrrole nitrogens is 1. The molecule has 0 aromatic carbocycles. The molecule has 1 fully saturated rings. The van der Waals surface area contributed by atoms with Crippen LogP contribution in [-0.2, 0) is 6.54 Å². The number of nitrogens with zero attached hydrogens (tertiary/aromatic N) is 6. The Morgan fingerprint density at radius 2 is 2.26 bits per heavy atom. The number of hydrogen-bond donors (Lipinski definition) is 2. The Kier molecular flexibility index (Phi) is 3.27. The van der Waals surface area contributed by atoms with Gasteiger partial charge in [0.25, 0.3) is 5.91 Å².